The Bertz CT molecular complexity index is 399. The molecule has 2 N–H and O–H groups in total. The summed E-state index contributed by atoms with van der Waals surface area (Å²) in [6.45, 7) is 2.86. The minimum absolute atomic E-state index is 0.185. The van der Waals surface area contributed by atoms with E-state index in [2.05, 4.69) is 29.7 Å². The highest BCUT2D eigenvalue weighted by Crippen LogP contribution is 2.17. The molecule has 1 aliphatic carbocycles. The van der Waals surface area contributed by atoms with Crippen molar-refractivity contribution >= 4 is 5.91 Å². The third-order valence-corrected chi connectivity index (χ3v) is 4.07. The van der Waals surface area contributed by atoms with E-state index < -0.39 is 0 Å². The smallest absolute Gasteiger partial charge is 0.221 e. The van der Waals surface area contributed by atoms with Crippen LogP contribution in [-0.4, -0.2) is 18.5 Å². The molecule has 0 radical (unpaired) electrons. The zero-order valence-electron chi connectivity index (χ0n) is 12.4. The lowest BCUT2D eigenvalue weighted by atomic mass is 9.95. The maximum absolute atomic E-state index is 11.9. The summed E-state index contributed by atoms with van der Waals surface area (Å²) in [7, 11) is 0. The fraction of sp³-hybridized carbons (Fsp3) is 0.588. The zero-order valence-corrected chi connectivity index (χ0v) is 12.4. The molecule has 3 nitrogen and oxygen atoms in total. The van der Waals surface area contributed by atoms with Gasteiger partial charge in [-0.15, -0.1) is 0 Å². The van der Waals surface area contributed by atoms with Crippen LogP contribution in [-0.2, 0) is 4.79 Å². The van der Waals surface area contributed by atoms with E-state index in [-0.39, 0.29) is 5.91 Å². The highest BCUT2D eigenvalue weighted by atomic mass is 16.1. The van der Waals surface area contributed by atoms with Crippen molar-refractivity contribution < 1.29 is 4.79 Å². The lowest BCUT2D eigenvalue weighted by Crippen LogP contribution is -2.37. The summed E-state index contributed by atoms with van der Waals surface area (Å²) in [6.07, 6.45) is 6.71. The van der Waals surface area contributed by atoms with Gasteiger partial charge in [-0.25, -0.2) is 0 Å². The highest BCUT2D eigenvalue weighted by Gasteiger charge is 2.15. The van der Waals surface area contributed by atoms with Crippen molar-refractivity contribution in [1.82, 2.24) is 10.6 Å². The summed E-state index contributed by atoms with van der Waals surface area (Å²) in [5, 5.41) is 6.56. The Hall–Kier alpha value is -1.35. The topological polar surface area (TPSA) is 41.1 Å². The van der Waals surface area contributed by atoms with Gasteiger partial charge in [0.25, 0.3) is 0 Å². The van der Waals surface area contributed by atoms with Gasteiger partial charge in [0, 0.05) is 25.0 Å². The fourth-order valence-corrected chi connectivity index (χ4v) is 2.81. The van der Waals surface area contributed by atoms with Crippen molar-refractivity contribution in [3.05, 3.63) is 35.9 Å². The summed E-state index contributed by atoms with van der Waals surface area (Å²) in [6, 6.07) is 11.0. The van der Waals surface area contributed by atoms with E-state index in [9.17, 15) is 4.79 Å². The summed E-state index contributed by atoms with van der Waals surface area (Å²) < 4.78 is 0. The summed E-state index contributed by atoms with van der Waals surface area (Å²) >= 11 is 0. The Morgan fingerprint density at radius 3 is 2.60 bits per heavy atom. The third-order valence-electron chi connectivity index (χ3n) is 4.07. The quantitative estimate of drug-likeness (QED) is 0.836. The average molecular weight is 274 g/mol. The number of carbonyl (C=O) groups excluding carboxylic acids is 1. The van der Waals surface area contributed by atoms with Crippen molar-refractivity contribution in [2.24, 2.45) is 0 Å². The Labute approximate surface area is 122 Å². The van der Waals surface area contributed by atoms with Crippen molar-refractivity contribution in [3.63, 3.8) is 0 Å². The van der Waals surface area contributed by atoms with E-state index in [4.69, 9.17) is 0 Å². The molecule has 0 heterocycles. The molecule has 3 heteroatoms. The first kappa shape index (κ1) is 15.0. The maximum Gasteiger partial charge on any atom is 0.221 e. The molecular weight excluding hydrogens is 248 g/mol. The number of rotatable bonds is 6. The van der Waals surface area contributed by atoms with E-state index in [1.807, 2.05) is 18.2 Å². The second kappa shape index (κ2) is 8.05. The van der Waals surface area contributed by atoms with Gasteiger partial charge in [0.1, 0.15) is 0 Å². The standard InChI is InChI=1S/C17H26N2O/c1-14(15-8-4-2-5-9-15)18-13-12-17(20)19-16-10-6-3-7-11-16/h2,4-5,8-9,14,16,18H,3,6-7,10-13H2,1H3,(H,19,20). The Morgan fingerprint density at radius 2 is 1.90 bits per heavy atom. The monoisotopic (exact) mass is 274 g/mol. The third kappa shape index (κ3) is 4.97. The minimum Gasteiger partial charge on any atom is -0.353 e. The normalized spacial score (nSPS) is 17.6. The first-order valence-corrected chi connectivity index (χ1v) is 7.83. The number of amides is 1. The largest absolute Gasteiger partial charge is 0.353 e. The second-order valence-corrected chi connectivity index (χ2v) is 5.74. The Morgan fingerprint density at radius 1 is 1.20 bits per heavy atom. The molecule has 2 rings (SSSR count). The van der Waals surface area contributed by atoms with Crippen LogP contribution in [0.4, 0.5) is 0 Å². The number of nitrogens with one attached hydrogen (secondary N) is 2. The van der Waals surface area contributed by atoms with Gasteiger partial charge >= 0.3 is 0 Å². The predicted octanol–water partition coefficient (Wildman–Crippen LogP) is 3.18. The first-order valence-electron chi connectivity index (χ1n) is 7.83. The molecule has 20 heavy (non-hydrogen) atoms. The summed E-state index contributed by atoms with van der Waals surface area (Å²) in [4.78, 5) is 11.9. The van der Waals surface area contributed by atoms with Crippen LogP contribution < -0.4 is 10.6 Å². The van der Waals surface area contributed by atoms with Gasteiger partial charge < -0.3 is 10.6 Å². The Balaban J connectivity index is 1.63. The molecule has 0 bridgehead atoms. The van der Waals surface area contributed by atoms with Crippen LogP contribution in [0.15, 0.2) is 30.3 Å². The SMILES string of the molecule is CC(NCCC(=O)NC1CCCCC1)c1ccccc1. The molecule has 0 spiro atoms. The van der Waals surface area contributed by atoms with Gasteiger partial charge in [0.15, 0.2) is 0 Å². The van der Waals surface area contributed by atoms with Crippen molar-refractivity contribution in [3.8, 4) is 0 Å². The van der Waals surface area contributed by atoms with Gasteiger partial charge in [-0.2, -0.15) is 0 Å². The molecule has 1 aromatic rings. The first-order chi connectivity index (χ1) is 9.75. The maximum atomic E-state index is 11.9. The van der Waals surface area contributed by atoms with Crippen LogP contribution in [0.25, 0.3) is 0 Å². The molecule has 0 saturated heterocycles. The minimum atomic E-state index is 0.185. The molecule has 1 amide bonds. The van der Waals surface area contributed by atoms with Crippen LogP contribution in [0, 0.1) is 0 Å². The Kier molecular flexibility index (Phi) is 6.06. The summed E-state index contributed by atoms with van der Waals surface area (Å²) in [5.41, 5.74) is 1.26. The molecule has 0 aromatic heterocycles. The van der Waals surface area contributed by atoms with Gasteiger partial charge in [0.2, 0.25) is 5.91 Å². The molecule has 1 unspecified atom stereocenters. The van der Waals surface area contributed by atoms with Crippen molar-refractivity contribution in [2.45, 2.75) is 57.5 Å². The van der Waals surface area contributed by atoms with Crippen LogP contribution in [0.5, 0.6) is 0 Å². The molecule has 110 valence electrons. The van der Waals surface area contributed by atoms with Crippen LogP contribution >= 0.6 is 0 Å². The molecule has 0 aliphatic heterocycles. The fourth-order valence-electron chi connectivity index (χ4n) is 2.81. The predicted molar refractivity (Wildman–Crippen MR) is 82.5 cm³/mol. The molecule has 1 atom stereocenters. The van der Waals surface area contributed by atoms with Gasteiger partial charge in [0.05, 0.1) is 0 Å². The lowest BCUT2D eigenvalue weighted by molar-refractivity contribution is -0.121. The van der Waals surface area contributed by atoms with Crippen LogP contribution in [0.3, 0.4) is 0 Å². The number of benzene rings is 1. The van der Waals surface area contributed by atoms with Crippen molar-refractivity contribution in [2.75, 3.05) is 6.54 Å². The van der Waals surface area contributed by atoms with Crippen LogP contribution in [0.1, 0.15) is 57.1 Å². The van der Waals surface area contributed by atoms with Gasteiger partial charge in [-0.1, -0.05) is 49.6 Å². The number of hydrogen-bond acceptors (Lipinski definition) is 2. The lowest BCUT2D eigenvalue weighted by Gasteiger charge is -2.23. The van der Waals surface area contributed by atoms with E-state index >= 15 is 0 Å². The number of hydrogen-bond donors (Lipinski definition) is 2. The van der Waals surface area contributed by atoms with E-state index in [1.165, 1.54) is 24.8 Å². The van der Waals surface area contributed by atoms with E-state index in [1.54, 1.807) is 0 Å². The second-order valence-electron chi connectivity index (χ2n) is 5.74. The van der Waals surface area contributed by atoms with Crippen LogP contribution in [0.2, 0.25) is 0 Å². The molecule has 1 saturated carbocycles. The number of carbonyl (C=O) groups is 1. The molecular formula is C17H26N2O. The van der Waals surface area contributed by atoms with Crippen molar-refractivity contribution in [1.29, 1.82) is 0 Å². The average Bonchev–Trinajstić information content (AvgIpc) is 2.49. The highest BCUT2D eigenvalue weighted by molar-refractivity contribution is 5.76. The summed E-state index contributed by atoms with van der Waals surface area (Å²) in [5.74, 6) is 0.185. The zero-order chi connectivity index (χ0) is 14.2. The van der Waals surface area contributed by atoms with E-state index in [0.717, 1.165) is 19.4 Å². The molecule has 1 aromatic carbocycles. The molecule has 1 fully saturated rings. The van der Waals surface area contributed by atoms with Gasteiger partial charge in [-0.3, -0.25) is 4.79 Å². The van der Waals surface area contributed by atoms with Gasteiger partial charge in [-0.05, 0) is 25.3 Å². The molecule has 1 aliphatic rings. The van der Waals surface area contributed by atoms with E-state index in [0.29, 0.717) is 18.5 Å².